The van der Waals surface area contributed by atoms with Crippen LogP contribution in [0.2, 0.25) is 0 Å². The van der Waals surface area contributed by atoms with E-state index in [2.05, 4.69) is 0 Å². The minimum Gasteiger partial charge on any atom is -0.466 e. The number of esters is 1. The van der Waals surface area contributed by atoms with Gasteiger partial charge in [-0.25, -0.2) is 0 Å². The molecule has 0 aromatic heterocycles. The summed E-state index contributed by atoms with van der Waals surface area (Å²) in [6.45, 7) is 2.21. The molecule has 0 unspecified atom stereocenters. The normalized spacial score (nSPS) is 12.0. The van der Waals surface area contributed by atoms with Gasteiger partial charge >= 0.3 is 5.97 Å². The van der Waals surface area contributed by atoms with Gasteiger partial charge in [-0.1, -0.05) is 42.5 Å². The molecule has 0 fully saturated rings. The molecule has 3 rings (SSSR count). The van der Waals surface area contributed by atoms with Crippen molar-refractivity contribution < 1.29 is 14.3 Å². The summed E-state index contributed by atoms with van der Waals surface area (Å²) in [5.74, 6) is 1.41. The molecule has 1 aliphatic rings. The lowest BCUT2D eigenvalue weighted by atomic mass is 9.93. The van der Waals surface area contributed by atoms with Gasteiger partial charge in [-0.2, -0.15) is 0 Å². The molecule has 3 nitrogen and oxygen atoms in total. The first-order valence-corrected chi connectivity index (χ1v) is 7.02. The number of rotatable bonds is 3. The van der Waals surface area contributed by atoms with Crippen LogP contribution in [-0.2, 0) is 9.53 Å². The van der Waals surface area contributed by atoms with Gasteiger partial charge in [0.25, 0.3) is 0 Å². The van der Waals surface area contributed by atoms with Crippen molar-refractivity contribution >= 4 is 11.5 Å². The van der Waals surface area contributed by atoms with E-state index in [0.29, 0.717) is 6.61 Å². The van der Waals surface area contributed by atoms with E-state index in [-0.39, 0.29) is 12.4 Å². The highest BCUT2D eigenvalue weighted by atomic mass is 16.5. The molecule has 1 heterocycles. The van der Waals surface area contributed by atoms with Gasteiger partial charge in [0, 0.05) is 11.1 Å². The maximum Gasteiger partial charge on any atom is 0.309 e. The molecule has 0 radical (unpaired) electrons. The molecule has 106 valence electrons. The van der Waals surface area contributed by atoms with Crippen molar-refractivity contribution in [1.82, 2.24) is 0 Å². The SMILES string of the molecule is CCOC(=O)CC=C1c2ccccc2Oc2ccccc21. The lowest BCUT2D eigenvalue weighted by molar-refractivity contribution is -0.142. The fourth-order valence-electron chi connectivity index (χ4n) is 2.45. The van der Waals surface area contributed by atoms with Crippen molar-refractivity contribution in [3.05, 3.63) is 65.7 Å². The maximum atomic E-state index is 11.6. The second-order valence-corrected chi connectivity index (χ2v) is 4.72. The van der Waals surface area contributed by atoms with Crippen LogP contribution >= 0.6 is 0 Å². The van der Waals surface area contributed by atoms with Crippen LogP contribution in [0.25, 0.3) is 5.57 Å². The Morgan fingerprint density at radius 2 is 1.62 bits per heavy atom. The minimum absolute atomic E-state index is 0.216. The number of carbonyl (C=O) groups is 1. The zero-order valence-electron chi connectivity index (χ0n) is 11.8. The molecule has 2 aromatic rings. The zero-order valence-corrected chi connectivity index (χ0v) is 11.8. The van der Waals surface area contributed by atoms with E-state index in [0.717, 1.165) is 28.2 Å². The first-order chi connectivity index (χ1) is 10.3. The summed E-state index contributed by atoms with van der Waals surface area (Å²) < 4.78 is 10.9. The topological polar surface area (TPSA) is 35.5 Å². The van der Waals surface area contributed by atoms with Crippen molar-refractivity contribution in [1.29, 1.82) is 0 Å². The van der Waals surface area contributed by atoms with Crippen molar-refractivity contribution in [2.45, 2.75) is 13.3 Å². The van der Waals surface area contributed by atoms with Crippen LogP contribution in [0.5, 0.6) is 11.5 Å². The van der Waals surface area contributed by atoms with Crippen molar-refractivity contribution in [2.24, 2.45) is 0 Å². The minimum atomic E-state index is -0.216. The highest BCUT2D eigenvalue weighted by molar-refractivity contribution is 5.89. The standard InChI is InChI=1S/C18H16O3/c1-2-20-18(19)12-11-13-14-7-3-5-9-16(14)21-17-10-6-4-8-15(13)17/h3-11H,2,12H2,1H3. The molecule has 0 saturated heterocycles. The van der Waals surface area contributed by atoms with E-state index in [9.17, 15) is 4.79 Å². The molecule has 3 heteroatoms. The predicted molar refractivity (Wildman–Crippen MR) is 81.3 cm³/mol. The lowest BCUT2D eigenvalue weighted by Gasteiger charge is -2.22. The average Bonchev–Trinajstić information content (AvgIpc) is 2.51. The highest BCUT2D eigenvalue weighted by Crippen LogP contribution is 2.43. The molecular weight excluding hydrogens is 264 g/mol. The van der Waals surface area contributed by atoms with E-state index < -0.39 is 0 Å². The molecule has 1 aliphatic heterocycles. The first-order valence-electron chi connectivity index (χ1n) is 7.02. The van der Waals surface area contributed by atoms with Gasteiger partial charge in [-0.3, -0.25) is 4.79 Å². The van der Waals surface area contributed by atoms with Crippen LogP contribution in [0.4, 0.5) is 0 Å². The fourth-order valence-corrected chi connectivity index (χ4v) is 2.45. The van der Waals surface area contributed by atoms with Gasteiger partial charge in [-0.15, -0.1) is 0 Å². The third-order valence-corrected chi connectivity index (χ3v) is 3.35. The summed E-state index contributed by atoms with van der Waals surface area (Å²) in [7, 11) is 0. The monoisotopic (exact) mass is 280 g/mol. The van der Waals surface area contributed by atoms with Crippen molar-refractivity contribution in [2.75, 3.05) is 6.61 Å². The molecule has 0 aliphatic carbocycles. The van der Waals surface area contributed by atoms with E-state index in [4.69, 9.17) is 9.47 Å². The Kier molecular flexibility index (Phi) is 3.73. The van der Waals surface area contributed by atoms with Crippen LogP contribution in [-0.4, -0.2) is 12.6 Å². The van der Waals surface area contributed by atoms with Crippen LogP contribution in [0.1, 0.15) is 24.5 Å². The lowest BCUT2D eigenvalue weighted by Crippen LogP contribution is -2.05. The van der Waals surface area contributed by atoms with E-state index in [1.165, 1.54) is 0 Å². The second kappa shape index (κ2) is 5.83. The van der Waals surface area contributed by atoms with E-state index in [1.807, 2.05) is 61.5 Å². The quantitative estimate of drug-likeness (QED) is 0.675. The van der Waals surface area contributed by atoms with Gasteiger partial charge in [0.05, 0.1) is 13.0 Å². The van der Waals surface area contributed by atoms with Gasteiger partial charge in [0.15, 0.2) is 0 Å². The van der Waals surface area contributed by atoms with Crippen LogP contribution < -0.4 is 4.74 Å². The average molecular weight is 280 g/mol. The smallest absolute Gasteiger partial charge is 0.309 e. The number of benzene rings is 2. The number of hydrogen-bond acceptors (Lipinski definition) is 3. The molecule has 0 N–H and O–H groups in total. The van der Waals surface area contributed by atoms with Gasteiger partial charge in [0.2, 0.25) is 0 Å². The van der Waals surface area contributed by atoms with Gasteiger partial charge in [0.1, 0.15) is 11.5 Å². The summed E-state index contributed by atoms with van der Waals surface area (Å²) in [6, 6.07) is 15.7. The fraction of sp³-hybridized carbons (Fsp3) is 0.167. The van der Waals surface area contributed by atoms with Gasteiger partial charge < -0.3 is 9.47 Å². The number of fused-ring (bicyclic) bond motifs is 2. The zero-order chi connectivity index (χ0) is 14.7. The molecule has 2 aromatic carbocycles. The molecular formula is C18H16O3. The highest BCUT2D eigenvalue weighted by Gasteiger charge is 2.21. The predicted octanol–water partition coefficient (Wildman–Crippen LogP) is 4.18. The largest absolute Gasteiger partial charge is 0.466 e. The summed E-state index contributed by atoms with van der Waals surface area (Å²) in [5.41, 5.74) is 3.02. The Morgan fingerprint density at radius 1 is 1.05 bits per heavy atom. The molecule has 21 heavy (non-hydrogen) atoms. The second-order valence-electron chi connectivity index (χ2n) is 4.72. The Balaban J connectivity index is 2.02. The molecule has 0 atom stereocenters. The summed E-state index contributed by atoms with van der Waals surface area (Å²) in [5, 5.41) is 0. The van der Waals surface area contributed by atoms with E-state index in [1.54, 1.807) is 0 Å². The number of carbonyl (C=O) groups excluding carboxylic acids is 1. The molecule has 0 amide bonds. The number of para-hydroxylation sites is 2. The van der Waals surface area contributed by atoms with E-state index >= 15 is 0 Å². The Bertz CT molecular complexity index is 654. The van der Waals surface area contributed by atoms with Crippen LogP contribution in [0.15, 0.2) is 54.6 Å². The summed E-state index contributed by atoms with van der Waals surface area (Å²) in [4.78, 5) is 11.6. The Hall–Kier alpha value is -2.55. The Labute approximate surface area is 123 Å². The number of ether oxygens (including phenoxy) is 2. The van der Waals surface area contributed by atoms with Crippen LogP contribution in [0, 0.1) is 0 Å². The first kappa shape index (κ1) is 13.4. The molecule has 0 spiro atoms. The molecule has 0 saturated carbocycles. The molecule has 0 bridgehead atoms. The summed E-state index contributed by atoms with van der Waals surface area (Å²) >= 11 is 0. The number of hydrogen-bond donors (Lipinski definition) is 0. The van der Waals surface area contributed by atoms with Crippen molar-refractivity contribution in [3.63, 3.8) is 0 Å². The Morgan fingerprint density at radius 3 is 2.19 bits per heavy atom. The maximum absolute atomic E-state index is 11.6. The summed E-state index contributed by atoms with van der Waals surface area (Å²) in [6.07, 6.45) is 2.17. The third kappa shape index (κ3) is 2.68. The van der Waals surface area contributed by atoms with Crippen molar-refractivity contribution in [3.8, 4) is 11.5 Å². The van der Waals surface area contributed by atoms with Crippen LogP contribution in [0.3, 0.4) is 0 Å². The third-order valence-electron chi connectivity index (χ3n) is 3.35. The van der Waals surface area contributed by atoms with Gasteiger partial charge in [-0.05, 0) is 24.6 Å².